The van der Waals surface area contributed by atoms with E-state index < -0.39 is 0 Å². The van der Waals surface area contributed by atoms with E-state index in [4.69, 9.17) is 0 Å². The van der Waals surface area contributed by atoms with Crippen LogP contribution in [0.15, 0.2) is 24.3 Å². The van der Waals surface area contributed by atoms with Crippen LogP contribution in [0, 0.1) is 11.7 Å². The van der Waals surface area contributed by atoms with Crippen LogP contribution < -0.4 is 5.32 Å². The zero-order valence-electron chi connectivity index (χ0n) is 13.3. The average Bonchev–Trinajstić information content (AvgIpc) is 2.73. The zero-order chi connectivity index (χ0) is 15.6. The summed E-state index contributed by atoms with van der Waals surface area (Å²) in [5.41, 5.74) is 0.936. The molecule has 3 atom stereocenters. The Morgan fingerprint density at radius 1 is 1.19 bits per heavy atom. The topological polar surface area (TPSA) is 32.3 Å². The van der Waals surface area contributed by atoms with Gasteiger partial charge in [-0.3, -0.25) is 10.1 Å². The highest BCUT2D eigenvalue weighted by Crippen LogP contribution is 2.29. The van der Waals surface area contributed by atoms with Crippen LogP contribution >= 0.6 is 0 Å². The Labute approximate surface area is 126 Å². The van der Waals surface area contributed by atoms with E-state index in [1.165, 1.54) is 12.1 Å². The van der Waals surface area contributed by atoms with Crippen molar-refractivity contribution in [3.8, 4) is 0 Å². The summed E-state index contributed by atoms with van der Waals surface area (Å²) in [6, 6.07) is 6.37. The van der Waals surface area contributed by atoms with Crippen molar-refractivity contribution in [1.82, 2.24) is 10.2 Å². The van der Waals surface area contributed by atoms with E-state index in [0.717, 1.165) is 18.4 Å². The maximum absolute atomic E-state index is 13.1. The summed E-state index contributed by atoms with van der Waals surface area (Å²) in [5, 5.41) is 3.31. The Kier molecular flexibility index (Phi) is 4.99. The maximum atomic E-state index is 13.1. The fraction of sp³-hybridized carbons (Fsp3) is 0.588. The standard InChI is InChI=1S/C17H25FN2O/c1-11(2)5-6-12(3)20-16(19-13(4)17(20)21)14-7-9-15(18)10-8-14/h7-13,16,19H,5-6H2,1-4H3. The quantitative estimate of drug-likeness (QED) is 0.901. The van der Waals surface area contributed by atoms with Crippen molar-refractivity contribution in [3.05, 3.63) is 35.6 Å². The second-order valence-corrected chi connectivity index (χ2v) is 6.41. The number of nitrogens with zero attached hydrogens (tertiary/aromatic N) is 1. The highest BCUT2D eigenvalue weighted by Gasteiger charge is 2.39. The number of rotatable bonds is 5. The van der Waals surface area contributed by atoms with Crippen LogP contribution in [0.3, 0.4) is 0 Å². The van der Waals surface area contributed by atoms with Crippen LogP contribution in [0.1, 0.15) is 52.3 Å². The first-order valence-corrected chi connectivity index (χ1v) is 7.74. The van der Waals surface area contributed by atoms with Gasteiger partial charge in [-0.25, -0.2) is 4.39 Å². The molecule has 4 heteroatoms. The molecular formula is C17H25FN2O. The third kappa shape index (κ3) is 3.62. The van der Waals surface area contributed by atoms with Gasteiger partial charge in [-0.15, -0.1) is 0 Å². The molecule has 0 saturated carbocycles. The summed E-state index contributed by atoms with van der Waals surface area (Å²) >= 11 is 0. The lowest BCUT2D eigenvalue weighted by molar-refractivity contribution is -0.132. The molecule has 21 heavy (non-hydrogen) atoms. The molecule has 0 spiro atoms. The molecule has 0 bridgehead atoms. The van der Waals surface area contributed by atoms with Gasteiger partial charge in [0.2, 0.25) is 5.91 Å². The van der Waals surface area contributed by atoms with Crippen molar-refractivity contribution in [2.75, 3.05) is 0 Å². The van der Waals surface area contributed by atoms with Crippen LogP contribution in [-0.4, -0.2) is 22.9 Å². The zero-order valence-corrected chi connectivity index (χ0v) is 13.3. The first-order chi connectivity index (χ1) is 9.90. The van der Waals surface area contributed by atoms with Crippen molar-refractivity contribution < 1.29 is 9.18 Å². The SMILES string of the molecule is CC(C)CCC(C)N1C(=O)C(C)NC1c1ccc(F)cc1. The number of amides is 1. The predicted molar refractivity (Wildman–Crippen MR) is 82.1 cm³/mol. The van der Waals surface area contributed by atoms with Gasteiger partial charge in [0.25, 0.3) is 0 Å². The van der Waals surface area contributed by atoms with Crippen molar-refractivity contribution in [3.63, 3.8) is 0 Å². The second-order valence-electron chi connectivity index (χ2n) is 6.41. The lowest BCUT2D eigenvalue weighted by Gasteiger charge is -2.31. The van der Waals surface area contributed by atoms with Crippen LogP contribution in [0.25, 0.3) is 0 Å². The second kappa shape index (κ2) is 6.56. The minimum Gasteiger partial charge on any atom is -0.319 e. The lowest BCUT2D eigenvalue weighted by atomic mass is 10.0. The van der Waals surface area contributed by atoms with Gasteiger partial charge in [0.05, 0.1) is 6.04 Å². The number of hydrogen-bond acceptors (Lipinski definition) is 2. The summed E-state index contributed by atoms with van der Waals surface area (Å²) in [5.74, 6) is 0.496. The molecule has 0 aliphatic carbocycles. The van der Waals surface area contributed by atoms with Crippen molar-refractivity contribution in [1.29, 1.82) is 0 Å². The molecule has 1 fully saturated rings. The number of hydrogen-bond donors (Lipinski definition) is 1. The molecular weight excluding hydrogens is 267 g/mol. The number of carbonyl (C=O) groups is 1. The van der Waals surface area contributed by atoms with Gasteiger partial charge in [-0.1, -0.05) is 26.0 Å². The van der Waals surface area contributed by atoms with Gasteiger partial charge in [0.1, 0.15) is 12.0 Å². The van der Waals surface area contributed by atoms with E-state index in [0.29, 0.717) is 5.92 Å². The van der Waals surface area contributed by atoms with Crippen molar-refractivity contribution >= 4 is 5.91 Å². The molecule has 1 saturated heterocycles. The van der Waals surface area contributed by atoms with Crippen LogP contribution in [0.5, 0.6) is 0 Å². The molecule has 1 N–H and O–H groups in total. The van der Waals surface area contributed by atoms with Gasteiger partial charge in [0.15, 0.2) is 0 Å². The fourth-order valence-corrected chi connectivity index (χ4v) is 2.83. The third-order valence-electron chi connectivity index (χ3n) is 4.13. The summed E-state index contributed by atoms with van der Waals surface area (Å²) < 4.78 is 13.1. The molecule has 2 rings (SSSR count). The molecule has 1 aliphatic heterocycles. The van der Waals surface area contributed by atoms with E-state index in [1.54, 1.807) is 12.1 Å². The predicted octanol–water partition coefficient (Wildman–Crippen LogP) is 3.47. The Morgan fingerprint density at radius 2 is 1.81 bits per heavy atom. The summed E-state index contributed by atoms with van der Waals surface area (Å²) in [4.78, 5) is 14.3. The molecule has 3 unspecified atom stereocenters. The number of nitrogens with one attached hydrogen (secondary N) is 1. The molecule has 116 valence electrons. The maximum Gasteiger partial charge on any atom is 0.241 e. The van der Waals surface area contributed by atoms with Crippen molar-refractivity contribution in [2.24, 2.45) is 5.92 Å². The highest BCUT2D eigenvalue weighted by atomic mass is 19.1. The largest absolute Gasteiger partial charge is 0.319 e. The van der Waals surface area contributed by atoms with Gasteiger partial charge in [-0.05, 0) is 50.3 Å². The summed E-state index contributed by atoms with van der Waals surface area (Å²) in [7, 11) is 0. The first-order valence-electron chi connectivity index (χ1n) is 7.74. The first kappa shape index (κ1) is 16.0. The molecule has 1 amide bonds. The average molecular weight is 292 g/mol. The number of carbonyl (C=O) groups excluding carboxylic acids is 1. The monoisotopic (exact) mass is 292 g/mol. The molecule has 0 aromatic heterocycles. The molecule has 1 aliphatic rings. The molecule has 0 radical (unpaired) electrons. The van der Waals surface area contributed by atoms with Crippen LogP contribution in [-0.2, 0) is 4.79 Å². The van der Waals surface area contributed by atoms with E-state index in [1.807, 2.05) is 11.8 Å². The van der Waals surface area contributed by atoms with Crippen LogP contribution in [0.4, 0.5) is 4.39 Å². The van der Waals surface area contributed by atoms with Gasteiger partial charge in [-0.2, -0.15) is 0 Å². The molecule has 1 heterocycles. The highest BCUT2D eigenvalue weighted by molar-refractivity contribution is 5.84. The molecule has 1 aromatic carbocycles. The minimum atomic E-state index is -0.254. The van der Waals surface area contributed by atoms with Gasteiger partial charge >= 0.3 is 0 Å². The van der Waals surface area contributed by atoms with Crippen molar-refractivity contribution in [2.45, 2.75) is 58.8 Å². The Morgan fingerprint density at radius 3 is 2.38 bits per heavy atom. The van der Waals surface area contributed by atoms with Gasteiger partial charge in [0, 0.05) is 6.04 Å². The molecule has 3 nitrogen and oxygen atoms in total. The van der Waals surface area contributed by atoms with Gasteiger partial charge < -0.3 is 4.90 Å². The number of halogens is 1. The molecule has 1 aromatic rings. The Bertz CT molecular complexity index is 486. The van der Waals surface area contributed by atoms with E-state index >= 15 is 0 Å². The third-order valence-corrected chi connectivity index (χ3v) is 4.13. The Hall–Kier alpha value is -1.42. The lowest BCUT2D eigenvalue weighted by Crippen LogP contribution is -2.38. The van der Waals surface area contributed by atoms with Crippen LogP contribution in [0.2, 0.25) is 0 Å². The summed E-state index contributed by atoms with van der Waals surface area (Å²) in [6.45, 7) is 8.36. The number of benzene rings is 1. The minimum absolute atomic E-state index is 0.126. The van der Waals surface area contributed by atoms with E-state index in [2.05, 4.69) is 26.1 Å². The van der Waals surface area contributed by atoms with E-state index in [-0.39, 0.29) is 30.0 Å². The smallest absolute Gasteiger partial charge is 0.241 e. The summed E-state index contributed by atoms with van der Waals surface area (Å²) in [6.07, 6.45) is 1.92. The van der Waals surface area contributed by atoms with E-state index in [9.17, 15) is 9.18 Å². The Balaban J connectivity index is 2.18. The fourth-order valence-electron chi connectivity index (χ4n) is 2.83. The normalized spacial score (nSPS) is 23.9.